The summed E-state index contributed by atoms with van der Waals surface area (Å²) in [6, 6.07) is 17.1. The Balaban J connectivity index is 1.46. The van der Waals surface area contributed by atoms with Crippen LogP contribution in [0.4, 0.5) is 0 Å². The summed E-state index contributed by atoms with van der Waals surface area (Å²) in [6.45, 7) is 3.30. The first-order chi connectivity index (χ1) is 14.1. The van der Waals surface area contributed by atoms with Crippen LogP contribution in [0, 0.1) is 6.92 Å². The van der Waals surface area contributed by atoms with Gasteiger partial charge in [0.15, 0.2) is 5.65 Å². The average molecular weight is 387 g/mol. The van der Waals surface area contributed by atoms with Gasteiger partial charge in [0, 0.05) is 12.1 Å². The van der Waals surface area contributed by atoms with Crippen LogP contribution in [-0.2, 0) is 13.1 Å². The van der Waals surface area contributed by atoms with Crippen LogP contribution in [-0.4, -0.2) is 31.8 Å². The van der Waals surface area contributed by atoms with E-state index in [0.29, 0.717) is 36.2 Å². The average Bonchev–Trinajstić information content (AvgIpc) is 3.16. The first-order valence-electron chi connectivity index (χ1n) is 9.41. The van der Waals surface area contributed by atoms with Crippen molar-refractivity contribution in [2.24, 2.45) is 0 Å². The predicted octanol–water partition coefficient (Wildman–Crippen LogP) is 2.38. The van der Waals surface area contributed by atoms with E-state index in [1.54, 1.807) is 27.7 Å². The molecule has 0 atom stereocenters. The van der Waals surface area contributed by atoms with Gasteiger partial charge >= 0.3 is 0 Å². The van der Waals surface area contributed by atoms with Gasteiger partial charge in [-0.2, -0.15) is 5.10 Å². The second-order valence-corrected chi connectivity index (χ2v) is 6.89. The molecule has 0 unspecified atom stereocenters. The van der Waals surface area contributed by atoms with Crippen LogP contribution >= 0.6 is 0 Å². The number of nitrogens with one attached hydrogen (secondary N) is 1. The molecule has 7 nitrogen and oxygen atoms in total. The molecule has 1 N–H and O–H groups in total. The summed E-state index contributed by atoms with van der Waals surface area (Å²) in [7, 11) is 0. The summed E-state index contributed by atoms with van der Waals surface area (Å²) in [5, 5.41) is 7.60. The number of hydrogen-bond acceptors (Lipinski definition) is 4. The summed E-state index contributed by atoms with van der Waals surface area (Å²) >= 11 is 0. The van der Waals surface area contributed by atoms with Crippen LogP contribution in [0.15, 0.2) is 71.9 Å². The number of carbonyl (C=O) groups is 1. The molecule has 0 spiro atoms. The lowest BCUT2D eigenvalue weighted by Gasteiger charge is -2.08. The van der Waals surface area contributed by atoms with E-state index in [9.17, 15) is 9.59 Å². The number of benzene rings is 2. The molecule has 4 aromatic rings. The molecule has 0 aliphatic rings. The van der Waals surface area contributed by atoms with E-state index in [2.05, 4.69) is 15.4 Å². The monoisotopic (exact) mass is 387 g/mol. The molecule has 2 aromatic carbocycles. The second-order valence-electron chi connectivity index (χ2n) is 6.89. The highest BCUT2D eigenvalue weighted by molar-refractivity contribution is 5.94. The molecule has 0 bridgehead atoms. The Morgan fingerprint density at radius 2 is 1.83 bits per heavy atom. The maximum absolute atomic E-state index is 12.8. The summed E-state index contributed by atoms with van der Waals surface area (Å²) in [6.07, 6.45) is 3.08. The predicted molar refractivity (Wildman–Crippen MR) is 111 cm³/mol. The number of aromatic nitrogens is 4. The van der Waals surface area contributed by atoms with E-state index < -0.39 is 0 Å². The van der Waals surface area contributed by atoms with Crippen LogP contribution in [0.3, 0.4) is 0 Å². The van der Waals surface area contributed by atoms with E-state index in [-0.39, 0.29) is 11.5 Å². The standard InChI is InChI=1S/C22H21N5O2/c1-16-7-9-17(10-8-16)14-26-15-24-20-19(22(26)29)13-25-27(20)12-11-23-21(28)18-5-3-2-4-6-18/h2-10,13,15H,11-12,14H2,1H3,(H,23,28). The van der Waals surface area contributed by atoms with Gasteiger partial charge in [0.05, 0.1) is 19.3 Å². The zero-order chi connectivity index (χ0) is 20.2. The number of rotatable bonds is 6. The Bertz CT molecular complexity index is 1190. The maximum atomic E-state index is 12.8. The molecule has 4 rings (SSSR count). The molecule has 7 heteroatoms. The van der Waals surface area contributed by atoms with Gasteiger partial charge < -0.3 is 5.32 Å². The molecular formula is C22H21N5O2. The minimum absolute atomic E-state index is 0.129. The first-order valence-corrected chi connectivity index (χ1v) is 9.41. The van der Waals surface area contributed by atoms with Gasteiger partial charge in [-0.25, -0.2) is 9.67 Å². The Labute approximate surface area is 167 Å². The van der Waals surface area contributed by atoms with E-state index in [0.717, 1.165) is 5.56 Å². The van der Waals surface area contributed by atoms with Crippen LogP contribution in [0.25, 0.3) is 11.0 Å². The van der Waals surface area contributed by atoms with Crippen LogP contribution < -0.4 is 10.9 Å². The van der Waals surface area contributed by atoms with E-state index >= 15 is 0 Å². The molecule has 0 aliphatic heterocycles. The molecule has 0 fully saturated rings. The molecule has 146 valence electrons. The van der Waals surface area contributed by atoms with Crippen molar-refractivity contribution in [3.63, 3.8) is 0 Å². The summed E-state index contributed by atoms with van der Waals surface area (Å²) in [5.74, 6) is -0.143. The Morgan fingerprint density at radius 3 is 2.59 bits per heavy atom. The molecule has 2 aromatic heterocycles. The van der Waals surface area contributed by atoms with Crippen molar-refractivity contribution in [1.82, 2.24) is 24.6 Å². The fourth-order valence-corrected chi connectivity index (χ4v) is 3.13. The number of carbonyl (C=O) groups excluding carboxylic acids is 1. The summed E-state index contributed by atoms with van der Waals surface area (Å²) in [4.78, 5) is 29.3. The summed E-state index contributed by atoms with van der Waals surface area (Å²) in [5.41, 5.74) is 3.21. The highest BCUT2D eigenvalue weighted by Gasteiger charge is 2.11. The number of fused-ring (bicyclic) bond motifs is 1. The molecule has 0 saturated heterocycles. The normalized spacial score (nSPS) is 10.9. The number of amides is 1. The fraction of sp³-hybridized carbons (Fsp3) is 0.182. The highest BCUT2D eigenvalue weighted by Crippen LogP contribution is 2.08. The Morgan fingerprint density at radius 1 is 1.07 bits per heavy atom. The second kappa shape index (κ2) is 8.10. The summed E-state index contributed by atoms with van der Waals surface area (Å²) < 4.78 is 3.22. The molecule has 0 saturated carbocycles. The van der Waals surface area contributed by atoms with Gasteiger partial charge in [0.2, 0.25) is 0 Å². The molecule has 1 amide bonds. The van der Waals surface area contributed by atoms with Crippen molar-refractivity contribution in [1.29, 1.82) is 0 Å². The fourth-order valence-electron chi connectivity index (χ4n) is 3.13. The minimum Gasteiger partial charge on any atom is -0.350 e. The van der Waals surface area contributed by atoms with E-state index in [1.165, 1.54) is 11.8 Å². The zero-order valence-corrected chi connectivity index (χ0v) is 16.1. The van der Waals surface area contributed by atoms with E-state index in [1.807, 2.05) is 49.4 Å². The largest absolute Gasteiger partial charge is 0.350 e. The number of aryl methyl sites for hydroxylation is 1. The molecular weight excluding hydrogens is 366 g/mol. The lowest BCUT2D eigenvalue weighted by Crippen LogP contribution is -2.27. The third-order valence-corrected chi connectivity index (χ3v) is 4.74. The topological polar surface area (TPSA) is 81.8 Å². The van der Waals surface area contributed by atoms with Crippen LogP contribution in [0.5, 0.6) is 0 Å². The SMILES string of the molecule is Cc1ccc(Cn2cnc3c(cnn3CCNC(=O)c3ccccc3)c2=O)cc1. The van der Waals surface area contributed by atoms with Crippen LogP contribution in [0.1, 0.15) is 21.5 Å². The smallest absolute Gasteiger partial charge is 0.264 e. The lowest BCUT2D eigenvalue weighted by molar-refractivity contribution is 0.0952. The molecule has 29 heavy (non-hydrogen) atoms. The zero-order valence-electron chi connectivity index (χ0n) is 16.1. The highest BCUT2D eigenvalue weighted by atomic mass is 16.1. The van der Waals surface area contributed by atoms with Gasteiger partial charge in [-0.15, -0.1) is 0 Å². The Kier molecular flexibility index (Phi) is 5.20. The van der Waals surface area contributed by atoms with Crippen molar-refractivity contribution in [3.05, 3.63) is 94.2 Å². The molecule has 2 heterocycles. The third-order valence-electron chi connectivity index (χ3n) is 4.74. The van der Waals surface area contributed by atoms with Crippen molar-refractivity contribution in [3.8, 4) is 0 Å². The minimum atomic E-state index is -0.143. The van der Waals surface area contributed by atoms with Crippen LogP contribution in [0.2, 0.25) is 0 Å². The van der Waals surface area contributed by atoms with Crippen molar-refractivity contribution in [2.45, 2.75) is 20.0 Å². The third kappa shape index (κ3) is 4.08. The molecule has 0 radical (unpaired) electrons. The van der Waals surface area contributed by atoms with Gasteiger partial charge in [-0.1, -0.05) is 48.0 Å². The molecule has 0 aliphatic carbocycles. The Hall–Kier alpha value is -3.74. The maximum Gasteiger partial charge on any atom is 0.264 e. The van der Waals surface area contributed by atoms with Gasteiger partial charge in [0.1, 0.15) is 11.7 Å². The van der Waals surface area contributed by atoms with Crippen molar-refractivity contribution >= 4 is 16.9 Å². The van der Waals surface area contributed by atoms with Crippen molar-refractivity contribution < 1.29 is 4.79 Å². The first kappa shape index (κ1) is 18.6. The number of hydrogen-bond donors (Lipinski definition) is 1. The van der Waals surface area contributed by atoms with Crippen molar-refractivity contribution in [2.75, 3.05) is 6.54 Å². The van der Waals surface area contributed by atoms with E-state index in [4.69, 9.17) is 0 Å². The quantitative estimate of drug-likeness (QED) is 0.551. The van der Waals surface area contributed by atoms with Gasteiger partial charge in [-0.05, 0) is 24.6 Å². The van der Waals surface area contributed by atoms with Gasteiger partial charge in [0.25, 0.3) is 11.5 Å². The number of nitrogens with zero attached hydrogens (tertiary/aromatic N) is 4. The lowest BCUT2D eigenvalue weighted by atomic mass is 10.1. The van der Waals surface area contributed by atoms with Gasteiger partial charge in [-0.3, -0.25) is 14.2 Å².